The van der Waals surface area contributed by atoms with Gasteiger partial charge in [0, 0.05) is 17.9 Å². The van der Waals surface area contributed by atoms with E-state index in [9.17, 15) is 30.3 Å². The summed E-state index contributed by atoms with van der Waals surface area (Å²) in [5.41, 5.74) is -1.13. The average molecular weight is 505 g/mol. The van der Waals surface area contributed by atoms with Crippen molar-refractivity contribution in [1.29, 1.82) is 0 Å². The van der Waals surface area contributed by atoms with Crippen LogP contribution in [0.1, 0.15) is 92.9 Å². The lowest BCUT2D eigenvalue weighted by Crippen LogP contribution is -2.72. The Morgan fingerprint density at radius 3 is 2.17 bits per heavy atom. The third kappa shape index (κ3) is 3.08. The highest BCUT2D eigenvalue weighted by Crippen LogP contribution is 2.75. The molecule has 4 fully saturated rings. The Morgan fingerprint density at radius 1 is 0.917 bits per heavy atom. The van der Waals surface area contributed by atoms with E-state index in [0.29, 0.717) is 12.3 Å². The number of fused-ring (bicyclic) bond motifs is 7. The zero-order chi connectivity index (χ0) is 26.7. The van der Waals surface area contributed by atoms with Crippen molar-refractivity contribution in [2.24, 2.45) is 50.2 Å². The van der Waals surface area contributed by atoms with Crippen molar-refractivity contribution >= 4 is 5.97 Å². The van der Waals surface area contributed by atoms with Crippen molar-refractivity contribution < 1.29 is 30.3 Å². The molecular formula is C30H48O6. The van der Waals surface area contributed by atoms with E-state index in [1.807, 2.05) is 0 Å². The largest absolute Gasteiger partial charge is 0.481 e. The summed E-state index contributed by atoms with van der Waals surface area (Å²) in [6.07, 6.45) is 5.64. The SMILES string of the molecule is CC1(C)CC[C@]2(CO)CC[C@]3(C)C(=CC[C@H]4[C@@]5(C)C[C@H](O)[C@H](O)[C@@](C)(C(=O)O)[C@H]5[C@H](O)C[C@]43C)[C@@H]2C1. The fourth-order valence-corrected chi connectivity index (χ4v) is 10.9. The van der Waals surface area contributed by atoms with E-state index in [1.54, 1.807) is 0 Å². The third-order valence-electron chi connectivity index (χ3n) is 13.1. The van der Waals surface area contributed by atoms with Gasteiger partial charge in [0.15, 0.2) is 0 Å². The van der Waals surface area contributed by atoms with Gasteiger partial charge in [-0.3, -0.25) is 4.79 Å². The fraction of sp³-hybridized carbons (Fsp3) is 0.900. The van der Waals surface area contributed by atoms with Gasteiger partial charge >= 0.3 is 5.97 Å². The molecule has 11 atom stereocenters. The zero-order valence-electron chi connectivity index (χ0n) is 23.0. The van der Waals surface area contributed by atoms with Crippen LogP contribution in [0.3, 0.4) is 0 Å². The highest BCUT2D eigenvalue weighted by Gasteiger charge is 2.73. The molecule has 0 unspecified atom stereocenters. The minimum Gasteiger partial charge on any atom is -0.481 e. The summed E-state index contributed by atoms with van der Waals surface area (Å²) in [6.45, 7) is 13.1. The van der Waals surface area contributed by atoms with Crippen molar-refractivity contribution in [3.05, 3.63) is 11.6 Å². The molecule has 0 radical (unpaired) electrons. The van der Waals surface area contributed by atoms with Gasteiger partial charge in [-0.1, -0.05) is 46.3 Å². The number of carboxylic acid groups (broad SMARTS) is 1. The van der Waals surface area contributed by atoms with Crippen molar-refractivity contribution in [2.45, 2.75) is 111 Å². The number of hydrogen-bond acceptors (Lipinski definition) is 5. The maximum atomic E-state index is 12.6. The minimum atomic E-state index is -1.62. The summed E-state index contributed by atoms with van der Waals surface area (Å²) < 4.78 is 0. The second-order valence-electron chi connectivity index (χ2n) is 15.2. The zero-order valence-corrected chi connectivity index (χ0v) is 23.0. The van der Waals surface area contributed by atoms with Gasteiger partial charge in [0.25, 0.3) is 0 Å². The molecule has 6 nitrogen and oxygen atoms in total. The first-order valence-electron chi connectivity index (χ1n) is 14.1. The highest BCUT2D eigenvalue weighted by molar-refractivity contribution is 5.76. The fourth-order valence-electron chi connectivity index (χ4n) is 10.9. The molecule has 5 aliphatic rings. The van der Waals surface area contributed by atoms with E-state index in [2.05, 4.69) is 40.7 Å². The van der Waals surface area contributed by atoms with Crippen LogP contribution in [0.4, 0.5) is 0 Å². The predicted octanol–water partition coefficient (Wildman–Crippen LogP) is 4.15. The van der Waals surface area contributed by atoms with Gasteiger partial charge in [0.05, 0.1) is 23.7 Å². The number of hydrogen-bond donors (Lipinski definition) is 5. The summed E-state index contributed by atoms with van der Waals surface area (Å²) in [5, 5.41) is 54.5. The number of aliphatic hydroxyl groups excluding tert-OH is 4. The van der Waals surface area contributed by atoms with Crippen LogP contribution in [-0.2, 0) is 4.79 Å². The van der Waals surface area contributed by atoms with E-state index in [1.165, 1.54) is 12.5 Å². The molecule has 0 aliphatic heterocycles. The molecule has 204 valence electrons. The van der Waals surface area contributed by atoms with Crippen molar-refractivity contribution in [2.75, 3.05) is 6.61 Å². The van der Waals surface area contributed by atoms with Crippen LogP contribution in [-0.4, -0.2) is 56.4 Å². The monoisotopic (exact) mass is 504 g/mol. The molecule has 0 saturated heterocycles. The van der Waals surface area contributed by atoms with Crippen LogP contribution in [0.5, 0.6) is 0 Å². The molecule has 0 aromatic rings. The molecule has 5 N–H and O–H groups in total. The van der Waals surface area contributed by atoms with Crippen molar-refractivity contribution in [1.82, 2.24) is 0 Å². The molecule has 36 heavy (non-hydrogen) atoms. The van der Waals surface area contributed by atoms with Gasteiger partial charge in [-0.15, -0.1) is 0 Å². The van der Waals surface area contributed by atoms with E-state index < -0.39 is 41.0 Å². The first kappa shape index (κ1) is 26.6. The second-order valence-corrected chi connectivity index (χ2v) is 15.2. The maximum absolute atomic E-state index is 12.6. The normalized spacial score (nSPS) is 55.9. The lowest BCUT2D eigenvalue weighted by atomic mass is 9.33. The van der Waals surface area contributed by atoms with Gasteiger partial charge in [0.1, 0.15) is 0 Å². The Kier molecular flexibility index (Phi) is 5.77. The van der Waals surface area contributed by atoms with Crippen LogP contribution < -0.4 is 0 Å². The molecule has 0 bridgehead atoms. The smallest absolute Gasteiger partial charge is 0.312 e. The molecule has 5 rings (SSSR count). The Bertz CT molecular complexity index is 974. The van der Waals surface area contributed by atoms with Gasteiger partial charge < -0.3 is 25.5 Å². The lowest BCUT2D eigenvalue weighted by molar-refractivity contribution is -0.267. The Morgan fingerprint density at radius 2 is 1.56 bits per heavy atom. The van der Waals surface area contributed by atoms with Crippen LogP contribution in [0.15, 0.2) is 11.6 Å². The number of allylic oxidation sites excluding steroid dienone is 2. The number of aliphatic hydroxyl groups is 4. The Hall–Kier alpha value is -0.950. The topological polar surface area (TPSA) is 118 Å². The predicted molar refractivity (Wildman–Crippen MR) is 137 cm³/mol. The van der Waals surface area contributed by atoms with E-state index in [-0.39, 0.29) is 40.6 Å². The quantitative estimate of drug-likeness (QED) is 0.361. The number of aliphatic carboxylic acids is 1. The summed E-state index contributed by atoms with van der Waals surface area (Å²) >= 11 is 0. The third-order valence-corrected chi connectivity index (χ3v) is 13.1. The summed E-state index contributed by atoms with van der Waals surface area (Å²) in [4.78, 5) is 12.6. The molecule has 6 heteroatoms. The minimum absolute atomic E-state index is 0.0726. The summed E-state index contributed by atoms with van der Waals surface area (Å²) in [6, 6.07) is 0. The summed E-state index contributed by atoms with van der Waals surface area (Å²) in [5.74, 6) is -1.41. The van der Waals surface area contributed by atoms with Gasteiger partial charge in [-0.05, 0) is 91.8 Å². The molecule has 0 aromatic carbocycles. The van der Waals surface area contributed by atoms with Crippen molar-refractivity contribution in [3.8, 4) is 0 Å². The average Bonchev–Trinajstić information content (AvgIpc) is 2.77. The molecule has 4 saturated carbocycles. The molecule has 5 aliphatic carbocycles. The van der Waals surface area contributed by atoms with Crippen molar-refractivity contribution in [3.63, 3.8) is 0 Å². The molecule has 0 heterocycles. The van der Waals surface area contributed by atoms with Crippen LogP contribution in [0.25, 0.3) is 0 Å². The molecule has 0 spiro atoms. The van der Waals surface area contributed by atoms with Crippen LogP contribution in [0.2, 0.25) is 0 Å². The first-order chi connectivity index (χ1) is 16.5. The van der Waals surface area contributed by atoms with Gasteiger partial charge in [0.2, 0.25) is 0 Å². The van der Waals surface area contributed by atoms with E-state index in [0.717, 1.165) is 38.5 Å². The molecule has 0 amide bonds. The maximum Gasteiger partial charge on any atom is 0.312 e. The standard InChI is InChI=1S/C30H48O6/c1-25(2)9-11-30(16-31)12-10-27(4)17(18(30)13-25)7-8-21-26(3)14-20(33)23(34)29(6,24(35)36)22(26)19(32)15-28(21,27)5/h7,18-23,31-34H,8-16H2,1-6H3,(H,35,36)/t18-,19+,20-,21-,22-,23-,26+,27+,28+,29-,30+/m0/s1. The number of carbonyl (C=O) groups is 1. The summed E-state index contributed by atoms with van der Waals surface area (Å²) in [7, 11) is 0. The van der Waals surface area contributed by atoms with Gasteiger partial charge in [-0.25, -0.2) is 0 Å². The highest BCUT2D eigenvalue weighted by atomic mass is 16.4. The Balaban J connectivity index is 1.64. The van der Waals surface area contributed by atoms with Gasteiger partial charge in [-0.2, -0.15) is 0 Å². The first-order valence-corrected chi connectivity index (χ1v) is 14.1. The van der Waals surface area contributed by atoms with E-state index in [4.69, 9.17) is 0 Å². The Labute approximate surface area is 216 Å². The number of carboxylic acids is 1. The second kappa shape index (κ2) is 7.80. The van der Waals surface area contributed by atoms with Crippen LogP contribution in [0, 0.1) is 50.2 Å². The molecule has 0 aromatic heterocycles. The van der Waals surface area contributed by atoms with Crippen LogP contribution >= 0.6 is 0 Å². The lowest BCUT2D eigenvalue weighted by Gasteiger charge is -2.72. The number of rotatable bonds is 2. The van der Waals surface area contributed by atoms with E-state index >= 15 is 0 Å². The molecular weight excluding hydrogens is 456 g/mol.